The molecule has 1 aliphatic rings. The smallest absolute Gasteiger partial charge is 0.232 e. The Bertz CT molecular complexity index is 1310. The Morgan fingerprint density at radius 2 is 1.90 bits per heavy atom. The second kappa shape index (κ2) is 7.68. The Morgan fingerprint density at radius 3 is 2.77 bits per heavy atom. The molecule has 6 nitrogen and oxygen atoms in total. The Kier molecular flexibility index (Phi) is 4.71. The fourth-order valence-corrected chi connectivity index (χ4v) is 3.92. The molecule has 0 bridgehead atoms. The van der Waals surface area contributed by atoms with Gasteiger partial charge in [-0.3, -0.25) is 9.59 Å². The second-order valence-corrected chi connectivity index (χ2v) is 7.56. The standard InChI is InChI=1S/C24H19FN4O2/c25-18-7-3-1-5-14(18)11-22-27-20-10-9-15(12-21(20)28-22)26-24(31)17-13-23(30)29-19-8-4-2-6-16(17)19/h1-10,12,17H,11,13H2,(H,26,31)(H,27,28)(H,29,30). The lowest BCUT2D eigenvalue weighted by molar-refractivity contribution is -0.123. The third-order valence-corrected chi connectivity index (χ3v) is 5.43. The zero-order valence-corrected chi connectivity index (χ0v) is 16.5. The van der Waals surface area contributed by atoms with Crippen molar-refractivity contribution in [3.8, 4) is 0 Å². The number of carbonyl (C=O) groups is 2. The minimum absolute atomic E-state index is 0.0991. The molecule has 0 saturated carbocycles. The molecule has 2 amide bonds. The Hall–Kier alpha value is -4.00. The number of hydrogen-bond acceptors (Lipinski definition) is 3. The highest BCUT2D eigenvalue weighted by Crippen LogP contribution is 2.33. The molecule has 1 aliphatic heterocycles. The number of nitrogens with zero attached hydrogens (tertiary/aromatic N) is 1. The van der Waals surface area contributed by atoms with E-state index in [1.165, 1.54) is 6.07 Å². The van der Waals surface area contributed by atoms with Crippen LogP contribution in [0.15, 0.2) is 66.7 Å². The summed E-state index contributed by atoms with van der Waals surface area (Å²) in [5.74, 6) is -0.610. The highest BCUT2D eigenvalue weighted by Gasteiger charge is 2.30. The Labute approximate surface area is 177 Å². The number of halogens is 1. The molecular formula is C24H19FN4O2. The highest BCUT2D eigenvalue weighted by molar-refractivity contribution is 6.05. The normalized spacial score (nSPS) is 15.4. The Balaban J connectivity index is 1.37. The van der Waals surface area contributed by atoms with Crippen molar-refractivity contribution in [2.75, 3.05) is 10.6 Å². The van der Waals surface area contributed by atoms with Gasteiger partial charge in [-0.1, -0.05) is 36.4 Å². The van der Waals surface area contributed by atoms with Crippen molar-refractivity contribution in [3.63, 3.8) is 0 Å². The number of aromatic amines is 1. The molecule has 5 rings (SSSR count). The lowest BCUT2D eigenvalue weighted by Gasteiger charge is -2.24. The van der Waals surface area contributed by atoms with Gasteiger partial charge in [0.1, 0.15) is 11.6 Å². The van der Waals surface area contributed by atoms with Crippen LogP contribution >= 0.6 is 0 Å². The van der Waals surface area contributed by atoms with E-state index in [1.807, 2.05) is 18.2 Å². The van der Waals surface area contributed by atoms with E-state index in [0.29, 0.717) is 29.2 Å². The predicted molar refractivity (Wildman–Crippen MR) is 116 cm³/mol. The van der Waals surface area contributed by atoms with Crippen molar-refractivity contribution in [1.29, 1.82) is 0 Å². The molecular weight excluding hydrogens is 395 g/mol. The molecule has 1 atom stereocenters. The summed E-state index contributed by atoms with van der Waals surface area (Å²) in [6.45, 7) is 0. The quantitative estimate of drug-likeness (QED) is 0.464. The number of H-pyrrole nitrogens is 1. The molecule has 1 unspecified atom stereocenters. The number of nitrogens with one attached hydrogen (secondary N) is 3. The summed E-state index contributed by atoms with van der Waals surface area (Å²) in [6, 6.07) is 19.3. The van der Waals surface area contributed by atoms with Gasteiger partial charge >= 0.3 is 0 Å². The highest BCUT2D eigenvalue weighted by atomic mass is 19.1. The van der Waals surface area contributed by atoms with Crippen molar-refractivity contribution in [1.82, 2.24) is 9.97 Å². The van der Waals surface area contributed by atoms with Gasteiger partial charge in [0.25, 0.3) is 0 Å². The number of para-hydroxylation sites is 1. The molecule has 0 fully saturated rings. The van der Waals surface area contributed by atoms with E-state index in [1.54, 1.807) is 42.5 Å². The summed E-state index contributed by atoms with van der Waals surface area (Å²) in [7, 11) is 0. The number of anilines is 2. The van der Waals surface area contributed by atoms with Gasteiger partial charge in [-0.15, -0.1) is 0 Å². The zero-order chi connectivity index (χ0) is 21.4. The fourth-order valence-electron chi connectivity index (χ4n) is 3.92. The minimum atomic E-state index is -0.556. The topological polar surface area (TPSA) is 86.9 Å². The minimum Gasteiger partial charge on any atom is -0.342 e. The van der Waals surface area contributed by atoms with Gasteiger partial charge in [0.2, 0.25) is 11.8 Å². The summed E-state index contributed by atoms with van der Waals surface area (Å²) >= 11 is 0. The first-order chi connectivity index (χ1) is 15.1. The van der Waals surface area contributed by atoms with E-state index in [9.17, 15) is 14.0 Å². The fraction of sp³-hybridized carbons (Fsp3) is 0.125. The van der Waals surface area contributed by atoms with Crippen LogP contribution in [0.1, 0.15) is 29.3 Å². The molecule has 31 heavy (non-hydrogen) atoms. The van der Waals surface area contributed by atoms with Crippen LogP contribution in [0.4, 0.5) is 15.8 Å². The number of benzene rings is 3. The molecule has 3 aromatic carbocycles. The average molecular weight is 414 g/mol. The maximum absolute atomic E-state index is 13.9. The van der Waals surface area contributed by atoms with Gasteiger partial charge in [-0.05, 0) is 41.5 Å². The lowest BCUT2D eigenvalue weighted by atomic mass is 9.90. The van der Waals surface area contributed by atoms with Crippen LogP contribution in [0.25, 0.3) is 11.0 Å². The monoisotopic (exact) mass is 414 g/mol. The maximum atomic E-state index is 13.9. The van der Waals surface area contributed by atoms with Crippen LogP contribution in [-0.4, -0.2) is 21.8 Å². The zero-order valence-electron chi connectivity index (χ0n) is 16.5. The van der Waals surface area contributed by atoms with Gasteiger partial charge in [0.15, 0.2) is 0 Å². The number of amides is 2. The molecule has 7 heteroatoms. The van der Waals surface area contributed by atoms with Gasteiger partial charge < -0.3 is 15.6 Å². The van der Waals surface area contributed by atoms with Crippen molar-refractivity contribution in [3.05, 3.63) is 89.5 Å². The summed E-state index contributed by atoms with van der Waals surface area (Å²) < 4.78 is 13.9. The number of carbonyl (C=O) groups excluding carboxylic acids is 2. The van der Waals surface area contributed by atoms with Crippen molar-refractivity contribution >= 4 is 34.2 Å². The second-order valence-electron chi connectivity index (χ2n) is 7.56. The SMILES string of the molecule is O=C1CC(C(=O)Nc2ccc3nc(Cc4ccccc4F)[nH]c3c2)c2ccccc2N1. The van der Waals surface area contributed by atoms with Crippen LogP contribution in [0, 0.1) is 5.82 Å². The van der Waals surface area contributed by atoms with Crippen molar-refractivity contribution < 1.29 is 14.0 Å². The summed E-state index contributed by atoms with van der Waals surface area (Å²) in [5, 5.41) is 5.71. The van der Waals surface area contributed by atoms with Gasteiger partial charge in [-0.25, -0.2) is 9.37 Å². The summed E-state index contributed by atoms with van der Waals surface area (Å²) in [6.07, 6.45) is 0.443. The first-order valence-corrected chi connectivity index (χ1v) is 9.98. The largest absolute Gasteiger partial charge is 0.342 e. The maximum Gasteiger partial charge on any atom is 0.232 e. The number of imidazole rings is 1. The molecule has 3 N–H and O–H groups in total. The molecule has 4 aromatic rings. The average Bonchev–Trinajstić information content (AvgIpc) is 3.16. The van der Waals surface area contributed by atoms with Crippen LogP contribution in [0.3, 0.4) is 0 Å². The van der Waals surface area contributed by atoms with E-state index >= 15 is 0 Å². The van der Waals surface area contributed by atoms with Gasteiger partial charge in [-0.2, -0.15) is 0 Å². The van der Waals surface area contributed by atoms with E-state index in [0.717, 1.165) is 16.6 Å². The number of aromatic nitrogens is 2. The first kappa shape index (κ1) is 19.0. The number of rotatable bonds is 4. The molecule has 1 aromatic heterocycles. The molecule has 154 valence electrons. The molecule has 0 saturated heterocycles. The number of hydrogen-bond donors (Lipinski definition) is 3. The van der Waals surface area contributed by atoms with Crippen LogP contribution in [0.2, 0.25) is 0 Å². The van der Waals surface area contributed by atoms with Gasteiger partial charge in [0.05, 0.1) is 17.0 Å². The Morgan fingerprint density at radius 1 is 1.10 bits per heavy atom. The third kappa shape index (κ3) is 3.77. The molecule has 0 aliphatic carbocycles. The van der Waals surface area contributed by atoms with E-state index in [2.05, 4.69) is 20.6 Å². The summed E-state index contributed by atoms with van der Waals surface area (Å²) in [4.78, 5) is 32.7. The number of fused-ring (bicyclic) bond motifs is 2. The predicted octanol–water partition coefficient (Wildman–Crippen LogP) is 4.36. The van der Waals surface area contributed by atoms with E-state index in [-0.39, 0.29) is 24.1 Å². The van der Waals surface area contributed by atoms with Crippen molar-refractivity contribution in [2.24, 2.45) is 0 Å². The summed E-state index contributed by atoms with van der Waals surface area (Å²) in [5.41, 5.74) is 4.10. The van der Waals surface area contributed by atoms with E-state index in [4.69, 9.17) is 0 Å². The first-order valence-electron chi connectivity index (χ1n) is 9.98. The van der Waals surface area contributed by atoms with E-state index < -0.39 is 5.92 Å². The van der Waals surface area contributed by atoms with Crippen molar-refractivity contribution in [2.45, 2.75) is 18.8 Å². The van der Waals surface area contributed by atoms with Crippen LogP contribution in [-0.2, 0) is 16.0 Å². The molecule has 2 heterocycles. The third-order valence-electron chi connectivity index (χ3n) is 5.43. The molecule has 0 spiro atoms. The molecule has 0 radical (unpaired) electrons. The van der Waals surface area contributed by atoms with Crippen LogP contribution < -0.4 is 10.6 Å². The van der Waals surface area contributed by atoms with Crippen LogP contribution in [0.5, 0.6) is 0 Å². The lowest BCUT2D eigenvalue weighted by Crippen LogP contribution is -2.30. The van der Waals surface area contributed by atoms with Gasteiger partial charge in [0, 0.05) is 24.2 Å².